The molecule has 3 unspecified atom stereocenters. The molecule has 0 bridgehead atoms. The highest BCUT2D eigenvalue weighted by molar-refractivity contribution is 4.94. The molecule has 0 radical (unpaired) electrons. The molecule has 2 rings (SSSR count). The van der Waals surface area contributed by atoms with Crippen LogP contribution >= 0.6 is 0 Å². The molecule has 1 heterocycles. The molecule has 1 saturated carbocycles. The van der Waals surface area contributed by atoms with Gasteiger partial charge < -0.3 is 9.88 Å². The van der Waals surface area contributed by atoms with Crippen LogP contribution in [0.2, 0.25) is 0 Å². The van der Waals surface area contributed by atoms with Crippen molar-refractivity contribution in [2.24, 2.45) is 11.8 Å². The molecule has 0 aromatic carbocycles. The van der Waals surface area contributed by atoms with Gasteiger partial charge in [0.25, 0.3) is 0 Å². The number of hydrogen-bond acceptors (Lipinski definition) is 2. The third-order valence-corrected chi connectivity index (χ3v) is 4.54. The second-order valence-corrected chi connectivity index (χ2v) is 5.63. The molecular weight excluding hydrogens is 222 g/mol. The van der Waals surface area contributed by atoms with Crippen molar-refractivity contribution in [3.05, 3.63) is 18.2 Å². The van der Waals surface area contributed by atoms with Crippen LogP contribution < -0.4 is 5.32 Å². The van der Waals surface area contributed by atoms with E-state index in [4.69, 9.17) is 0 Å². The SMILES string of the molecule is CCCn1ccnc1CNC1CCC(CC)C1C. The van der Waals surface area contributed by atoms with Gasteiger partial charge in [0.15, 0.2) is 0 Å². The van der Waals surface area contributed by atoms with Gasteiger partial charge in [-0.25, -0.2) is 4.98 Å². The molecule has 0 spiro atoms. The first-order chi connectivity index (χ1) is 8.76. The lowest BCUT2D eigenvalue weighted by molar-refractivity contribution is 0.341. The van der Waals surface area contributed by atoms with Crippen LogP contribution in [0.15, 0.2) is 12.4 Å². The Labute approximate surface area is 111 Å². The summed E-state index contributed by atoms with van der Waals surface area (Å²) in [6, 6.07) is 0.682. The molecule has 3 nitrogen and oxygen atoms in total. The Morgan fingerprint density at radius 3 is 2.89 bits per heavy atom. The van der Waals surface area contributed by atoms with Crippen LogP contribution in [0, 0.1) is 11.8 Å². The van der Waals surface area contributed by atoms with E-state index in [-0.39, 0.29) is 0 Å². The van der Waals surface area contributed by atoms with Gasteiger partial charge in [-0.05, 0) is 31.1 Å². The Balaban J connectivity index is 1.86. The quantitative estimate of drug-likeness (QED) is 0.839. The summed E-state index contributed by atoms with van der Waals surface area (Å²) in [7, 11) is 0. The van der Waals surface area contributed by atoms with Crippen LogP contribution in [0.25, 0.3) is 0 Å². The summed E-state index contributed by atoms with van der Waals surface area (Å²) in [4.78, 5) is 4.46. The van der Waals surface area contributed by atoms with E-state index < -0.39 is 0 Å². The topological polar surface area (TPSA) is 29.9 Å². The minimum atomic E-state index is 0.682. The van der Waals surface area contributed by atoms with E-state index in [2.05, 4.69) is 41.8 Å². The molecule has 1 fully saturated rings. The normalized spacial score (nSPS) is 27.8. The van der Waals surface area contributed by atoms with E-state index in [0.29, 0.717) is 6.04 Å². The van der Waals surface area contributed by atoms with Gasteiger partial charge in [0.1, 0.15) is 5.82 Å². The first kappa shape index (κ1) is 13.6. The summed E-state index contributed by atoms with van der Waals surface area (Å²) in [6.45, 7) is 8.92. The van der Waals surface area contributed by atoms with Crippen LogP contribution in [-0.2, 0) is 13.1 Å². The molecule has 3 heteroatoms. The molecular formula is C15H27N3. The van der Waals surface area contributed by atoms with Gasteiger partial charge in [0.2, 0.25) is 0 Å². The average molecular weight is 249 g/mol. The van der Waals surface area contributed by atoms with Crippen LogP contribution in [0.4, 0.5) is 0 Å². The van der Waals surface area contributed by atoms with Crippen molar-refractivity contribution < 1.29 is 0 Å². The second kappa shape index (κ2) is 6.37. The van der Waals surface area contributed by atoms with Crippen molar-refractivity contribution in [3.8, 4) is 0 Å². The Morgan fingerprint density at radius 2 is 2.22 bits per heavy atom. The minimum absolute atomic E-state index is 0.682. The first-order valence-corrected chi connectivity index (χ1v) is 7.49. The number of rotatable bonds is 6. The molecule has 1 aliphatic carbocycles. The average Bonchev–Trinajstić information content (AvgIpc) is 2.94. The Bertz CT molecular complexity index is 358. The van der Waals surface area contributed by atoms with Gasteiger partial charge >= 0.3 is 0 Å². The monoisotopic (exact) mass is 249 g/mol. The van der Waals surface area contributed by atoms with Crippen molar-refractivity contribution >= 4 is 0 Å². The van der Waals surface area contributed by atoms with E-state index in [1.807, 2.05) is 6.20 Å². The molecule has 1 aromatic rings. The van der Waals surface area contributed by atoms with E-state index in [1.165, 1.54) is 31.5 Å². The number of aryl methyl sites for hydroxylation is 1. The summed E-state index contributed by atoms with van der Waals surface area (Å²) < 4.78 is 2.27. The molecule has 1 aromatic heterocycles. The number of aromatic nitrogens is 2. The molecule has 0 aliphatic heterocycles. The number of hydrogen-bond donors (Lipinski definition) is 1. The highest BCUT2D eigenvalue weighted by Gasteiger charge is 2.31. The molecule has 18 heavy (non-hydrogen) atoms. The zero-order valence-corrected chi connectivity index (χ0v) is 12.0. The van der Waals surface area contributed by atoms with Gasteiger partial charge in [-0.2, -0.15) is 0 Å². The van der Waals surface area contributed by atoms with Gasteiger partial charge in [-0.15, -0.1) is 0 Å². The van der Waals surface area contributed by atoms with Crippen molar-refractivity contribution in [3.63, 3.8) is 0 Å². The smallest absolute Gasteiger partial charge is 0.122 e. The minimum Gasteiger partial charge on any atom is -0.334 e. The molecule has 1 aliphatic rings. The largest absolute Gasteiger partial charge is 0.334 e. The highest BCUT2D eigenvalue weighted by atomic mass is 15.1. The summed E-state index contributed by atoms with van der Waals surface area (Å²) in [5.41, 5.74) is 0. The van der Waals surface area contributed by atoms with Crippen molar-refractivity contribution in [2.75, 3.05) is 0 Å². The number of nitrogens with zero attached hydrogens (tertiary/aromatic N) is 2. The van der Waals surface area contributed by atoms with E-state index in [1.54, 1.807) is 0 Å². The fourth-order valence-corrected chi connectivity index (χ4v) is 3.29. The summed E-state index contributed by atoms with van der Waals surface area (Å²) in [5, 5.41) is 3.71. The maximum atomic E-state index is 4.46. The zero-order valence-electron chi connectivity index (χ0n) is 12.0. The lowest BCUT2D eigenvalue weighted by atomic mass is 9.93. The Hall–Kier alpha value is -0.830. The van der Waals surface area contributed by atoms with Gasteiger partial charge in [0.05, 0.1) is 6.54 Å². The van der Waals surface area contributed by atoms with Crippen molar-refractivity contribution in [1.82, 2.24) is 14.9 Å². The van der Waals surface area contributed by atoms with Crippen LogP contribution in [0.1, 0.15) is 52.3 Å². The zero-order chi connectivity index (χ0) is 13.0. The first-order valence-electron chi connectivity index (χ1n) is 7.49. The second-order valence-electron chi connectivity index (χ2n) is 5.63. The molecule has 1 N–H and O–H groups in total. The Morgan fingerprint density at radius 1 is 1.39 bits per heavy atom. The predicted molar refractivity (Wildman–Crippen MR) is 75.3 cm³/mol. The maximum Gasteiger partial charge on any atom is 0.122 e. The van der Waals surface area contributed by atoms with E-state index in [9.17, 15) is 0 Å². The van der Waals surface area contributed by atoms with Gasteiger partial charge in [0, 0.05) is 25.0 Å². The lowest BCUT2D eigenvalue weighted by Crippen LogP contribution is -2.33. The van der Waals surface area contributed by atoms with E-state index >= 15 is 0 Å². The van der Waals surface area contributed by atoms with Crippen molar-refractivity contribution in [2.45, 2.75) is 65.6 Å². The predicted octanol–water partition coefficient (Wildman–Crippen LogP) is 3.21. The number of imidazole rings is 1. The summed E-state index contributed by atoms with van der Waals surface area (Å²) in [5.74, 6) is 2.91. The highest BCUT2D eigenvalue weighted by Crippen LogP contribution is 2.33. The summed E-state index contributed by atoms with van der Waals surface area (Å²) >= 11 is 0. The Kier molecular flexibility index (Phi) is 4.81. The van der Waals surface area contributed by atoms with Gasteiger partial charge in [-0.3, -0.25) is 0 Å². The van der Waals surface area contributed by atoms with E-state index in [0.717, 1.165) is 24.9 Å². The third-order valence-electron chi connectivity index (χ3n) is 4.54. The third kappa shape index (κ3) is 2.94. The number of nitrogens with one attached hydrogen (secondary N) is 1. The van der Waals surface area contributed by atoms with Crippen LogP contribution in [-0.4, -0.2) is 15.6 Å². The van der Waals surface area contributed by atoms with Gasteiger partial charge in [-0.1, -0.05) is 27.2 Å². The molecule has 0 saturated heterocycles. The molecule has 0 amide bonds. The van der Waals surface area contributed by atoms with Crippen molar-refractivity contribution in [1.29, 1.82) is 0 Å². The lowest BCUT2D eigenvalue weighted by Gasteiger charge is -2.21. The summed E-state index contributed by atoms with van der Waals surface area (Å²) in [6.07, 6.45) is 9.21. The van der Waals surface area contributed by atoms with Crippen LogP contribution in [0.3, 0.4) is 0 Å². The standard InChI is InChI=1S/C15H27N3/c1-4-9-18-10-8-16-15(18)11-17-14-7-6-13(5-2)12(14)3/h8,10,12-14,17H,4-7,9,11H2,1-3H3. The molecule has 102 valence electrons. The fourth-order valence-electron chi connectivity index (χ4n) is 3.29. The van der Waals surface area contributed by atoms with Crippen LogP contribution in [0.5, 0.6) is 0 Å². The maximum absolute atomic E-state index is 4.46. The molecule has 3 atom stereocenters. The fraction of sp³-hybridized carbons (Fsp3) is 0.800.